The fourth-order valence-electron chi connectivity index (χ4n) is 1.46. The Morgan fingerprint density at radius 1 is 1.12 bits per heavy atom. The normalized spacial score (nSPS) is 18.3. The van der Waals surface area contributed by atoms with E-state index in [2.05, 4.69) is 32.7 Å². The van der Waals surface area contributed by atoms with Crippen molar-refractivity contribution in [2.75, 3.05) is 20.1 Å². The summed E-state index contributed by atoms with van der Waals surface area (Å²) in [7, 11) is 2.11. The molecule has 0 spiro atoms. The number of hydrogen-bond donors (Lipinski definition) is 0. The number of nitrogens with zero attached hydrogens (tertiary/aromatic N) is 1. The molecule has 0 atom stereocenters. The summed E-state index contributed by atoms with van der Waals surface area (Å²) in [5, 5.41) is 0. The van der Waals surface area contributed by atoms with E-state index in [0.29, 0.717) is 5.78 Å². The summed E-state index contributed by atoms with van der Waals surface area (Å²) < 4.78 is 0. The summed E-state index contributed by atoms with van der Waals surface area (Å²) in [5.74, 6) is 0.352. The van der Waals surface area contributed by atoms with Gasteiger partial charge >= 0.3 is 0 Å². The van der Waals surface area contributed by atoms with Crippen LogP contribution in [-0.4, -0.2) is 30.8 Å². The molecule has 0 N–H and O–H groups in total. The second-order valence-corrected chi connectivity index (χ2v) is 4.92. The molecule has 0 radical (unpaired) electrons. The second kappa shape index (κ2) is 10.8. The van der Waals surface area contributed by atoms with Crippen molar-refractivity contribution in [1.82, 2.24) is 4.90 Å². The Morgan fingerprint density at radius 2 is 1.47 bits per heavy atom. The van der Waals surface area contributed by atoms with E-state index in [1.165, 1.54) is 12.8 Å². The molecular weight excluding hydrogens is 210 g/mol. The molecule has 17 heavy (non-hydrogen) atoms. The minimum Gasteiger partial charge on any atom is -0.306 e. The van der Waals surface area contributed by atoms with Crippen molar-refractivity contribution in [2.45, 2.75) is 67.2 Å². The maximum atomic E-state index is 11.2. The fourth-order valence-corrected chi connectivity index (χ4v) is 1.46. The lowest BCUT2D eigenvalue weighted by Gasteiger charge is -2.35. The van der Waals surface area contributed by atoms with Crippen molar-refractivity contribution < 1.29 is 4.79 Å². The molecule has 1 aliphatic rings. The van der Waals surface area contributed by atoms with Crippen LogP contribution in [-0.2, 0) is 4.79 Å². The van der Waals surface area contributed by atoms with Crippen molar-refractivity contribution >= 4 is 5.78 Å². The molecule has 104 valence electrons. The van der Waals surface area contributed by atoms with Crippen LogP contribution in [0.15, 0.2) is 0 Å². The highest BCUT2D eigenvalue weighted by atomic mass is 16.1. The molecule has 2 nitrogen and oxygen atoms in total. The van der Waals surface area contributed by atoms with Crippen LogP contribution in [0.25, 0.3) is 0 Å². The third-order valence-electron chi connectivity index (χ3n) is 3.44. The Kier molecular flexibility index (Phi) is 12.0. The molecule has 0 aromatic carbocycles. The number of rotatable bonds is 2. The minimum atomic E-state index is -0.0213. The van der Waals surface area contributed by atoms with E-state index in [-0.39, 0.29) is 5.41 Å². The van der Waals surface area contributed by atoms with Gasteiger partial charge in [0.15, 0.2) is 0 Å². The van der Waals surface area contributed by atoms with Crippen molar-refractivity contribution in [3.63, 3.8) is 0 Å². The molecule has 1 fully saturated rings. The summed E-state index contributed by atoms with van der Waals surface area (Å²) >= 11 is 0. The first-order chi connectivity index (χ1) is 7.96. The van der Waals surface area contributed by atoms with Crippen molar-refractivity contribution in [1.29, 1.82) is 0 Å². The van der Waals surface area contributed by atoms with Crippen molar-refractivity contribution in [2.24, 2.45) is 5.41 Å². The summed E-state index contributed by atoms with van der Waals surface area (Å²) in [6.07, 6.45) is 4.69. The monoisotopic (exact) mass is 243 g/mol. The summed E-state index contributed by atoms with van der Waals surface area (Å²) in [5.41, 5.74) is -0.0213. The zero-order valence-corrected chi connectivity index (χ0v) is 13.1. The van der Waals surface area contributed by atoms with Gasteiger partial charge in [0.2, 0.25) is 0 Å². The first-order valence-corrected chi connectivity index (χ1v) is 7.16. The number of likely N-dealkylation sites (tertiary alicyclic amines) is 1. The van der Waals surface area contributed by atoms with Gasteiger partial charge in [0.1, 0.15) is 5.78 Å². The number of carbonyl (C=O) groups is 1. The summed E-state index contributed by atoms with van der Waals surface area (Å²) in [6.45, 7) is 14.3. The molecular formula is C15H33NO. The van der Waals surface area contributed by atoms with Gasteiger partial charge in [-0.15, -0.1) is 0 Å². The van der Waals surface area contributed by atoms with Crippen LogP contribution < -0.4 is 0 Å². The van der Waals surface area contributed by atoms with E-state index in [4.69, 9.17) is 0 Å². The zero-order chi connectivity index (χ0) is 13.9. The Balaban J connectivity index is 0. The van der Waals surface area contributed by atoms with Gasteiger partial charge in [-0.2, -0.15) is 0 Å². The van der Waals surface area contributed by atoms with Crippen LogP contribution in [0.2, 0.25) is 0 Å². The Labute approximate surface area is 109 Å². The molecule has 0 aromatic rings. The highest BCUT2D eigenvalue weighted by molar-refractivity contribution is 5.82. The van der Waals surface area contributed by atoms with Gasteiger partial charge in [0, 0.05) is 5.41 Å². The number of Topliss-reactive ketones (excluding diaryl/α,β-unsaturated/α-hetero) is 1. The van der Waals surface area contributed by atoms with Crippen LogP contribution in [0.4, 0.5) is 0 Å². The number of piperidine rings is 1. The first-order valence-electron chi connectivity index (χ1n) is 7.16. The van der Waals surface area contributed by atoms with E-state index in [1.54, 1.807) is 6.92 Å². The molecule has 1 saturated heterocycles. The number of unbranched alkanes of at least 4 members (excludes halogenated alkanes) is 1. The van der Waals surface area contributed by atoms with Crippen LogP contribution in [0.5, 0.6) is 0 Å². The molecule has 0 saturated carbocycles. The van der Waals surface area contributed by atoms with Crippen molar-refractivity contribution in [3.05, 3.63) is 0 Å². The Morgan fingerprint density at radius 3 is 1.71 bits per heavy atom. The standard InChI is InChI=1S/C9H17NO.C4H10.C2H6/c1-8(11)9(2)4-6-10(3)7-5-9;1-3-4-2;1-2/h4-7H2,1-3H3;3-4H2,1-2H3;1-2H3. The van der Waals surface area contributed by atoms with Crippen LogP contribution in [0.3, 0.4) is 0 Å². The zero-order valence-electron chi connectivity index (χ0n) is 13.1. The highest BCUT2D eigenvalue weighted by Gasteiger charge is 2.32. The van der Waals surface area contributed by atoms with Crippen LogP contribution in [0.1, 0.15) is 67.2 Å². The number of carbonyl (C=O) groups excluding carboxylic acids is 1. The Bertz CT molecular complexity index is 179. The summed E-state index contributed by atoms with van der Waals surface area (Å²) in [4.78, 5) is 13.5. The van der Waals surface area contributed by atoms with Gasteiger partial charge in [0.25, 0.3) is 0 Å². The molecule has 0 aliphatic carbocycles. The fraction of sp³-hybridized carbons (Fsp3) is 0.933. The van der Waals surface area contributed by atoms with Gasteiger partial charge < -0.3 is 4.90 Å². The maximum Gasteiger partial charge on any atom is 0.135 e. The average molecular weight is 243 g/mol. The molecule has 0 amide bonds. The quantitative estimate of drug-likeness (QED) is 0.726. The smallest absolute Gasteiger partial charge is 0.135 e. The van der Waals surface area contributed by atoms with Crippen LogP contribution >= 0.6 is 0 Å². The van der Waals surface area contributed by atoms with E-state index in [0.717, 1.165) is 25.9 Å². The van der Waals surface area contributed by atoms with Crippen LogP contribution in [0, 0.1) is 5.41 Å². The molecule has 0 aromatic heterocycles. The topological polar surface area (TPSA) is 20.3 Å². The van der Waals surface area contributed by atoms with Gasteiger partial charge in [0.05, 0.1) is 0 Å². The maximum absolute atomic E-state index is 11.2. The third-order valence-corrected chi connectivity index (χ3v) is 3.44. The molecule has 1 aliphatic heterocycles. The van der Waals surface area contributed by atoms with Gasteiger partial charge in [-0.05, 0) is 39.9 Å². The first kappa shape index (κ1) is 19.0. The third kappa shape index (κ3) is 8.37. The van der Waals surface area contributed by atoms with E-state index in [1.807, 2.05) is 13.8 Å². The second-order valence-electron chi connectivity index (χ2n) is 4.92. The van der Waals surface area contributed by atoms with Gasteiger partial charge in [-0.3, -0.25) is 4.79 Å². The van der Waals surface area contributed by atoms with Crippen molar-refractivity contribution in [3.8, 4) is 0 Å². The number of ketones is 1. The largest absolute Gasteiger partial charge is 0.306 e. The lowest BCUT2D eigenvalue weighted by atomic mass is 9.77. The minimum absolute atomic E-state index is 0.0213. The summed E-state index contributed by atoms with van der Waals surface area (Å²) in [6, 6.07) is 0. The average Bonchev–Trinajstić information content (AvgIpc) is 2.36. The van der Waals surface area contributed by atoms with Gasteiger partial charge in [-0.1, -0.05) is 47.5 Å². The lowest BCUT2D eigenvalue weighted by Crippen LogP contribution is -2.39. The Hall–Kier alpha value is -0.370. The predicted molar refractivity (Wildman–Crippen MR) is 77.4 cm³/mol. The molecule has 1 rings (SSSR count). The highest BCUT2D eigenvalue weighted by Crippen LogP contribution is 2.30. The van der Waals surface area contributed by atoms with E-state index >= 15 is 0 Å². The van der Waals surface area contributed by atoms with E-state index < -0.39 is 0 Å². The SMILES string of the molecule is CC.CC(=O)C1(C)CCN(C)CC1.CCCC. The number of hydrogen-bond acceptors (Lipinski definition) is 2. The van der Waals surface area contributed by atoms with E-state index in [9.17, 15) is 4.79 Å². The van der Waals surface area contributed by atoms with Gasteiger partial charge in [-0.25, -0.2) is 0 Å². The molecule has 0 unspecified atom stereocenters. The predicted octanol–water partition coefficient (Wildman–Crippen LogP) is 4.14. The molecule has 0 bridgehead atoms. The molecule has 2 heteroatoms. The lowest BCUT2D eigenvalue weighted by molar-refractivity contribution is -0.127. The molecule has 1 heterocycles.